The fourth-order valence-electron chi connectivity index (χ4n) is 3.60. The Labute approximate surface area is 139 Å². The molecule has 2 aliphatic rings. The predicted octanol–water partition coefficient (Wildman–Crippen LogP) is 4.14. The van der Waals surface area contributed by atoms with E-state index in [1.54, 1.807) is 0 Å². The Morgan fingerprint density at radius 2 is 2.04 bits per heavy atom. The van der Waals surface area contributed by atoms with Crippen LogP contribution in [-0.4, -0.2) is 30.5 Å². The Bertz CT molecular complexity index is 627. The zero-order chi connectivity index (χ0) is 16.6. The number of likely N-dealkylation sites (tertiary alicyclic amines) is 1. The molecule has 1 aliphatic heterocycles. The first kappa shape index (κ1) is 16.3. The molecule has 0 saturated carbocycles. The number of hydrogen-bond acceptors (Lipinski definition) is 3. The van der Waals surface area contributed by atoms with Crippen LogP contribution in [0.1, 0.15) is 56.0 Å². The molecule has 1 aliphatic carbocycles. The SMILES string of the molecule is CN1CCC2CCC(OC(=O)c3cccc(C(C)(C)C)c3)=CC21. The molecule has 1 fully saturated rings. The summed E-state index contributed by atoms with van der Waals surface area (Å²) in [6.45, 7) is 7.59. The summed E-state index contributed by atoms with van der Waals surface area (Å²) in [5, 5.41) is 0. The first-order chi connectivity index (χ1) is 10.8. The van der Waals surface area contributed by atoms with Gasteiger partial charge in [-0.25, -0.2) is 4.79 Å². The molecule has 0 N–H and O–H groups in total. The van der Waals surface area contributed by atoms with Crippen molar-refractivity contribution in [2.75, 3.05) is 13.6 Å². The topological polar surface area (TPSA) is 29.5 Å². The fraction of sp³-hybridized carbons (Fsp3) is 0.550. The molecule has 1 aromatic rings. The number of carbonyl (C=O) groups is 1. The van der Waals surface area contributed by atoms with E-state index < -0.39 is 0 Å². The van der Waals surface area contributed by atoms with Crippen LogP contribution >= 0.6 is 0 Å². The zero-order valence-corrected chi connectivity index (χ0v) is 14.6. The van der Waals surface area contributed by atoms with Crippen molar-refractivity contribution < 1.29 is 9.53 Å². The van der Waals surface area contributed by atoms with E-state index in [-0.39, 0.29) is 11.4 Å². The average molecular weight is 313 g/mol. The predicted molar refractivity (Wildman–Crippen MR) is 92.4 cm³/mol. The molecule has 1 heterocycles. The van der Waals surface area contributed by atoms with E-state index in [1.165, 1.54) is 6.42 Å². The summed E-state index contributed by atoms with van der Waals surface area (Å²) in [5.74, 6) is 1.33. The van der Waals surface area contributed by atoms with Crippen LogP contribution in [-0.2, 0) is 10.2 Å². The molecule has 0 spiro atoms. The van der Waals surface area contributed by atoms with E-state index in [0.29, 0.717) is 11.6 Å². The first-order valence-electron chi connectivity index (χ1n) is 8.58. The van der Waals surface area contributed by atoms with Gasteiger partial charge in [0.15, 0.2) is 0 Å². The number of carbonyl (C=O) groups excluding carboxylic acids is 1. The van der Waals surface area contributed by atoms with Crippen molar-refractivity contribution in [1.29, 1.82) is 0 Å². The van der Waals surface area contributed by atoms with Crippen molar-refractivity contribution in [1.82, 2.24) is 4.90 Å². The lowest BCUT2D eigenvalue weighted by Gasteiger charge is -2.27. The summed E-state index contributed by atoms with van der Waals surface area (Å²) in [5.41, 5.74) is 1.82. The highest BCUT2D eigenvalue weighted by molar-refractivity contribution is 5.90. The number of esters is 1. The third-order valence-corrected chi connectivity index (χ3v) is 5.15. The minimum Gasteiger partial charge on any atom is -0.428 e. The van der Waals surface area contributed by atoms with Gasteiger partial charge in [0, 0.05) is 12.5 Å². The van der Waals surface area contributed by atoms with Crippen molar-refractivity contribution in [3.8, 4) is 0 Å². The van der Waals surface area contributed by atoms with Gasteiger partial charge in [-0.1, -0.05) is 32.9 Å². The van der Waals surface area contributed by atoms with Gasteiger partial charge in [-0.3, -0.25) is 4.90 Å². The van der Waals surface area contributed by atoms with Gasteiger partial charge in [0.05, 0.1) is 5.56 Å². The maximum atomic E-state index is 12.5. The Hall–Kier alpha value is -1.61. The lowest BCUT2D eigenvalue weighted by Crippen LogP contribution is -2.30. The van der Waals surface area contributed by atoms with Crippen LogP contribution in [0.5, 0.6) is 0 Å². The number of benzene rings is 1. The number of likely N-dealkylation sites (N-methyl/N-ethyl adjacent to an activating group) is 1. The zero-order valence-electron chi connectivity index (χ0n) is 14.6. The number of nitrogens with zero attached hydrogens (tertiary/aromatic N) is 1. The minimum atomic E-state index is -0.235. The third-order valence-electron chi connectivity index (χ3n) is 5.15. The molecule has 2 unspecified atom stereocenters. The fourth-order valence-corrected chi connectivity index (χ4v) is 3.60. The molecule has 0 radical (unpaired) electrons. The van der Waals surface area contributed by atoms with Crippen molar-refractivity contribution in [2.24, 2.45) is 5.92 Å². The molecule has 3 nitrogen and oxygen atoms in total. The van der Waals surface area contributed by atoms with E-state index in [2.05, 4.69) is 44.9 Å². The Kier molecular flexibility index (Phi) is 4.33. The van der Waals surface area contributed by atoms with Crippen LogP contribution in [0.2, 0.25) is 0 Å². The second-order valence-electron chi connectivity index (χ2n) is 7.91. The second-order valence-corrected chi connectivity index (χ2v) is 7.91. The standard InChI is InChI=1S/C20H27NO2/c1-20(2,3)16-7-5-6-15(12-16)19(22)23-17-9-8-14-10-11-21(4)18(14)13-17/h5-7,12-14,18H,8-11H2,1-4H3. The Balaban J connectivity index is 1.74. The number of fused-ring (bicyclic) bond motifs is 1. The number of ether oxygens (including phenoxy) is 1. The van der Waals surface area contributed by atoms with Gasteiger partial charge in [0.1, 0.15) is 5.76 Å². The van der Waals surface area contributed by atoms with E-state index in [9.17, 15) is 4.79 Å². The van der Waals surface area contributed by atoms with Gasteiger partial charge in [-0.2, -0.15) is 0 Å². The van der Waals surface area contributed by atoms with Crippen LogP contribution in [0, 0.1) is 5.92 Å². The molecule has 0 aromatic heterocycles. The summed E-state index contributed by atoms with van der Waals surface area (Å²) >= 11 is 0. The van der Waals surface area contributed by atoms with Crippen LogP contribution in [0.4, 0.5) is 0 Å². The second kappa shape index (κ2) is 6.12. The quantitative estimate of drug-likeness (QED) is 0.769. The summed E-state index contributed by atoms with van der Waals surface area (Å²) < 4.78 is 5.70. The minimum absolute atomic E-state index is 0.0280. The van der Waals surface area contributed by atoms with E-state index >= 15 is 0 Å². The van der Waals surface area contributed by atoms with Gasteiger partial charge in [0.25, 0.3) is 0 Å². The van der Waals surface area contributed by atoms with E-state index in [0.717, 1.165) is 36.6 Å². The highest BCUT2D eigenvalue weighted by atomic mass is 16.5. The first-order valence-corrected chi connectivity index (χ1v) is 8.58. The van der Waals surface area contributed by atoms with Gasteiger partial charge >= 0.3 is 5.97 Å². The number of allylic oxidation sites excluding steroid dienone is 1. The molecular formula is C20H27NO2. The molecule has 23 heavy (non-hydrogen) atoms. The van der Waals surface area contributed by atoms with E-state index in [1.807, 2.05) is 18.2 Å². The monoisotopic (exact) mass is 313 g/mol. The highest BCUT2D eigenvalue weighted by Gasteiger charge is 2.34. The molecule has 2 atom stereocenters. The van der Waals surface area contributed by atoms with Crippen LogP contribution in [0.15, 0.2) is 36.1 Å². The van der Waals surface area contributed by atoms with Crippen LogP contribution < -0.4 is 0 Å². The maximum absolute atomic E-state index is 12.5. The number of rotatable bonds is 2. The lowest BCUT2D eigenvalue weighted by atomic mass is 9.86. The van der Waals surface area contributed by atoms with Crippen LogP contribution in [0.3, 0.4) is 0 Å². The van der Waals surface area contributed by atoms with Crippen molar-refractivity contribution in [2.45, 2.75) is 51.5 Å². The van der Waals surface area contributed by atoms with Crippen LogP contribution in [0.25, 0.3) is 0 Å². The van der Waals surface area contributed by atoms with Gasteiger partial charge < -0.3 is 4.74 Å². The Morgan fingerprint density at radius 3 is 2.78 bits per heavy atom. The molecule has 0 amide bonds. The Morgan fingerprint density at radius 1 is 1.26 bits per heavy atom. The highest BCUT2D eigenvalue weighted by Crippen LogP contribution is 2.34. The third kappa shape index (κ3) is 3.50. The molecular weight excluding hydrogens is 286 g/mol. The van der Waals surface area contributed by atoms with Crippen molar-refractivity contribution >= 4 is 5.97 Å². The molecule has 3 rings (SSSR count). The largest absolute Gasteiger partial charge is 0.428 e. The summed E-state index contributed by atoms with van der Waals surface area (Å²) in [6.07, 6.45) is 5.41. The normalized spacial score (nSPS) is 25.0. The van der Waals surface area contributed by atoms with E-state index in [4.69, 9.17) is 4.74 Å². The summed E-state index contributed by atoms with van der Waals surface area (Å²) in [6, 6.07) is 8.23. The maximum Gasteiger partial charge on any atom is 0.343 e. The molecule has 1 saturated heterocycles. The molecule has 0 bridgehead atoms. The van der Waals surface area contributed by atoms with Gasteiger partial charge in [-0.15, -0.1) is 0 Å². The molecule has 1 aromatic carbocycles. The smallest absolute Gasteiger partial charge is 0.343 e. The van der Waals surface area contributed by atoms with Gasteiger partial charge in [-0.05, 0) is 61.5 Å². The average Bonchev–Trinajstić information content (AvgIpc) is 2.88. The van der Waals surface area contributed by atoms with Crippen molar-refractivity contribution in [3.05, 3.63) is 47.2 Å². The summed E-state index contributed by atoms with van der Waals surface area (Å²) in [7, 11) is 2.15. The lowest BCUT2D eigenvalue weighted by molar-refractivity contribution is 0.0598. The van der Waals surface area contributed by atoms with Crippen molar-refractivity contribution in [3.63, 3.8) is 0 Å². The number of hydrogen-bond donors (Lipinski definition) is 0. The molecule has 124 valence electrons. The van der Waals surface area contributed by atoms with Gasteiger partial charge in [0.2, 0.25) is 0 Å². The summed E-state index contributed by atoms with van der Waals surface area (Å²) in [4.78, 5) is 14.8. The molecule has 3 heteroatoms.